The van der Waals surface area contributed by atoms with Gasteiger partial charge < -0.3 is 14.6 Å². The van der Waals surface area contributed by atoms with Crippen molar-refractivity contribution in [3.63, 3.8) is 0 Å². The number of likely N-dealkylation sites (N-methyl/N-ethyl adjacent to an activating group) is 1. The Kier molecular flexibility index (Phi) is 8.53. The number of nitrogens with zero attached hydrogens (tertiary/aromatic N) is 2. The van der Waals surface area contributed by atoms with Gasteiger partial charge in [-0.2, -0.15) is 8.61 Å². The van der Waals surface area contributed by atoms with Crippen LogP contribution in [0.5, 0.6) is 11.5 Å². The molecule has 1 aliphatic carbocycles. The summed E-state index contributed by atoms with van der Waals surface area (Å²) in [5, 5.41) is 9.85. The van der Waals surface area contributed by atoms with Gasteiger partial charge in [-0.15, -0.1) is 0 Å². The van der Waals surface area contributed by atoms with Crippen molar-refractivity contribution in [2.24, 2.45) is 5.92 Å². The van der Waals surface area contributed by atoms with Gasteiger partial charge in [-0.3, -0.25) is 0 Å². The average molecular weight is 565 g/mol. The minimum Gasteiger partial charge on any atom is -0.497 e. The van der Waals surface area contributed by atoms with E-state index in [4.69, 9.17) is 9.47 Å². The Bertz CT molecular complexity index is 1410. The SMILES string of the molecule is COc1cccc(S(=O)(=O)N(C)C[C@@H]2Oc3cc(C4=CCCC4)ccc3S(=O)(=O)N([C@H](C)CO)C[C@@H]2C)c1. The number of hydrogen-bond acceptors (Lipinski definition) is 7. The predicted octanol–water partition coefficient (Wildman–Crippen LogP) is 3.35. The van der Waals surface area contributed by atoms with E-state index >= 15 is 0 Å². The Morgan fingerprint density at radius 2 is 2.00 bits per heavy atom. The molecule has 0 bridgehead atoms. The Balaban J connectivity index is 1.73. The highest BCUT2D eigenvalue weighted by Crippen LogP contribution is 2.37. The number of hydrogen-bond donors (Lipinski definition) is 1. The molecule has 0 aromatic heterocycles. The van der Waals surface area contributed by atoms with Crippen LogP contribution in [0.2, 0.25) is 0 Å². The first-order chi connectivity index (χ1) is 18.0. The molecule has 2 aromatic carbocycles. The third-order valence-electron chi connectivity index (χ3n) is 7.27. The van der Waals surface area contributed by atoms with Gasteiger partial charge in [0.1, 0.15) is 22.5 Å². The van der Waals surface area contributed by atoms with E-state index in [1.165, 1.54) is 34.9 Å². The predicted molar refractivity (Wildman–Crippen MR) is 145 cm³/mol. The zero-order valence-corrected chi connectivity index (χ0v) is 23.8. The van der Waals surface area contributed by atoms with E-state index in [0.717, 1.165) is 30.4 Å². The summed E-state index contributed by atoms with van der Waals surface area (Å²) < 4.78 is 68.2. The molecule has 11 heteroatoms. The van der Waals surface area contributed by atoms with Crippen LogP contribution in [-0.4, -0.2) is 76.6 Å². The van der Waals surface area contributed by atoms with Gasteiger partial charge in [0.2, 0.25) is 20.0 Å². The van der Waals surface area contributed by atoms with Crippen molar-refractivity contribution in [1.29, 1.82) is 0 Å². The Labute approximate surface area is 225 Å². The van der Waals surface area contributed by atoms with Crippen LogP contribution in [0, 0.1) is 5.92 Å². The number of methoxy groups -OCH3 is 1. The molecule has 208 valence electrons. The molecule has 1 aliphatic heterocycles. The summed E-state index contributed by atoms with van der Waals surface area (Å²) in [5.41, 5.74) is 2.03. The summed E-state index contributed by atoms with van der Waals surface area (Å²) in [6, 6.07) is 10.7. The normalized spacial score (nSPS) is 22.6. The van der Waals surface area contributed by atoms with Gasteiger partial charge in [0, 0.05) is 31.6 Å². The van der Waals surface area contributed by atoms with E-state index in [2.05, 4.69) is 6.08 Å². The molecule has 1 N–H and O–H groups in total. The average Bonchev–Trinajstić information content (AvgIpc) is 3.45. The van der Waals surface area contributed by atoms with Gasteiger partial charge in [-0.25, -0.2) is 16.8 Å². The lowest BCUT2D eigenvalue weighted by atomic mass is 10.0. The molecule has 2 aromatic rings. The van der Waals surface area contributed by atoms with Crippen LogP contribution in [0.1, 0.15) is 38.7 Å². The number of fused-ring (bicyclic) bond motifs is 1. The van der Waals surface area contributed by atoms with Gasteiger partial charge in [0.05, 0.1) is 25.2 Å². The third kappa shape index (κ3) is 5.62. The van der Waals surface area contributed by atoms with Crippen LogP contribution in [0.25, 0.3) is 5.57 Å². The first-order valence-corrected chi connectivity index (χ1v) is 15.6. The standard InChI is InChI=1S/C27H36N2O7S2/c1-19-16-29(20(2)18-30)38(33,34)27-13-12-22(21-8-5-6-9-21)14-25(27)36-26(19)17-28(3)37(31,32)24-11-7-10-23(15-24)35-4/h7-8,10-15,19-20,26,30H,5-6,9,16-18H2,1-4H3/t19-,20+,26-/m0/s1. The fourth-order valence-corrected chi connectivity index (χ4v) is 7.91. The third-order valence-corrected chi connectivity index (χ3v) is 11.1. The van der Waals surface area contributed by atoms with Crippen LogP contribution >= 0.6 is 0 Å². The summed E-state index contributed by atoms with van der Waals surface area (Å²) in [7, 11) is -4.90. The van der Waals surface area contributed by atoms with E-state index in [9.17, 15) is 21.9 Å². The molecule has 1 heterocycles. The van der Waals surface area contributed by atoms with Crippen LogP contribution in [0.3, 0.4) is 0 Å². The number of rotatable bonds is 8. The van der Waals surface area contributed by atoms with Crippen molar-refractivity contribution < 1.29 is 31.4 Å². The van der Waals surface area contributed by atoms with Crippen LogP contribution in [0.4, 0.5) is 0 Å². The number of aliphatic hydroxyl groups excluding tert-OH is 1. The minimum absolute atomic E-state index is 0.00549. The molecule has 38 heavy (non-hydrogen) atoms. The van der Waals surface area contributed by atoms with Crippen molar-refractivity contribution in [1.82, 2.24) is 8.61 Å². The van der Waals surface area contributed by atoms with E-state index in [1.54, 1.807) is 37.3 Å². The van der Waals surface area contributed by atoms with Crippen molar-refractivity contribution in [3.05, 3.63) is 54.1 Å². The van der Waals surface area contributed by atoms with Gasteiger partial charge in [0.15, 0.2) is 0 Å². The maximum Gasteiger partial charge on any atom is 0.247 e. The molecule has 0 saturated heterocycles. The van der Waals surface area contributed by atoms with Crippen molar-refractivity contribution in [2.75, 3.05) is 33.9 Å². The van der Waals surface area contributed by atoms with E-state index in [0.29, 0.717) is 5.75 Å². The van der Waals surface area contributed by atoms with E-state index in [1.807, 2.05) is 6.92 Å². The molecule has 0 saturated carbocycles. The Morgan fingerprint density at radius 1 is 1.24 bits per heavy atom. The zero-order chi connectivity index (χ0) is 27.7. The summed E-state index contributed by atoms with van der Waals surface area (Å²) in [4.78, 5) is 0.0992. The quantitative estimate of drug-likeness (QED) is 0.523. The highest BCUT2D eigenvalue weighted by Gasteiger charge is 2.39. The van der Waals surface area contributed by atoms with Crippen molar-refractivity contribution in [3.8, 4) is 11.5 Å². The van der Waals surface area contributed by atoms with Gasteiger partial charge in [-0.05, 0) is 61.6 Å². The Morgan fingerprint density at radius 3 is 2.66 bits per heavy atom. The first-order valence-electron chi connectivity index (χ1n) is 12.7. The topological polar surface area (TPSA) is 113 Å². The van der Waals surface area contributed by atoms with E-state index < -0.39 is 32.2 Å². The fraction of sp³-hybridized carbons (Fsp3) is 0.481. The molecule has 4 rings (SSSR count). The van der Waals surface area contributed by atoms with Crippen LogP contribution < -0.4 is 9.47 Å². The number of aliphatic hydroxyl groups is 1. The second kappa shape index (κ2) is 11.4. The second-order valence-corrected chi connectivity index (χ2v) is 13.9. The maximum absolute atomic E-state index is 13.7. The van der Waals surface area contributed by atoms with Gasteiger partial charge >= 0.3 is 0 Å². The van der Waals surface area contributed by atoms with Gasteiger partial charge in [0.25, 0.3) is 0 Å². The molecule has 0 spiro atoms. The summed E-state index contributed by atoms with van der Waals surface area (Å²) >= 11 is 0. The minimum atomic E-state index is -3.98. The molecule has 0 amide bonds. The molecular weight excluding hydrogens is 528 g/mol. The molecule has 2 aliphatic rings. The molecular formula is C27H36N2O7S2. The lowest BCUT2D eigenvalue weighted by Crippen LogP contribution is -2.50. The lowest BCUT2D eigenvalue weighted by Gasteiger charge is -2.37. The largest absolute Gasteiger partial charge is 0.497 e. The molecule has 0 fully saturated rings. The molecule has 9 nitrogen and oxygen atoms in total. The number of sulfonamides is 2. The molecule has 0 radical (unpaired) electrons. The first kappa shape index (κ1) is 28.6. The second-order valence-electron chi connectivity index (χ2n) is 9.99. The zero-order valence-electron chi connectivity index (χ0n) is 22.2. The molecule has 0 unspecified atom stereocenters. The monoisotopic (exact) mass is 564 g/mol. The summed E-state index contributed by atoms with van der Waals surface area (Å²) in [5.74, 6) is 0.231. The Hall–Kier alpha value is -2.44. The number of benzene rings is 2. The van der Waals surface area contributed by atoms with Crippen molar-refractivity contribution in [2.45, 2.75) is 55.0 Å². The lowest BCUT2D eigenvalue weighted by molar-refractivity contribution is 0.0904. The summed E-state index contributed by atoms with van der Waals surface area (Å²) in [6.45, 7) is 3.20. The van der Waals surface area contributed by atoms with Crippen LogP contribution in [0.15, 0.2) is 58.3 Å². The van der Waals surface area contributed by atoms with E-state index in [-0.39, 0.29) is 41.2 Å². The highest BCUT2D eigenvalue weighted by atomic mass is 32.2. The fourth-order valence-electron chi connectivity index (χ4n) is 4.87. The van der Waals surface area contributed by atoms with Crippen molar-refractivity contribution >= 4 is 25.6 Å². The van der Waals surface area contributed by atoms with Crippen LogP contribution in [-0.2, 0) is 20.0 Å². The number of ether oxygens (including phenoxy) is 2. The maximum atomic E-state index is 13.7. The van der Waals surface area contributed by atoms with Gasteiger partial charge in [-0.1, -0.05) is 25.1 Å². The smallest absolute Gasteiger partial charge is 0.247 e. The highest BCUT2D eigenvalue weighted by molar-refractivity contribution is 7.89. The number of allylic oxidation sites excluding steroid dienone is 2. The summed E-state index contributed by atoms with van der Waals surface area (Å²) in [6.07, 6.45) is 4.41. The molecule has 3 atom stereocenters.